The molecule has 4 aromatic rings. The van der Waals surface area contributed by atoms with Crippen molar-refractivity contribution >= 4 is 34.2 Å². The Balaban J connectivity index is 1.88. The van der Waals surface area contributed by atoms with E-state index < -0.39 is 0 Å². The topological polar surface area (TPSA) is 72.7 Å². The summed E-state index contributed by atoms with van der Waals surface area (Å²) >= 11 is 13.2. The molecule has 0 bridgehead atoms. The van der Waals surface area contributed by atoms with Crippen LogP contribution in [0.3, 0.4) is 0 Å². The second kappa shape index (κ2) is 7.88. The van der Waals surface area contributed by atoms with Crippen LogP contribution in [0, 0.1) is 18.3 Å². The van der Waals surface area contributed by atoms with Gasteiger partial charge in [-0.3, -0.25) is 0 Å². The number of aliphatic hydroxyl groups is 1. The lowest BCUT2D eigenvalue weighted by Gasteiger charge is -2.12. The second-order valence-corrected chi connectivity index (χ2v) is 7.65. The van der Waals surface area contributed by atoms with Crippen molar-refractivity contribution in [3.05, 3.63) is 87.2 Å². The van der Waals surface area contributed by atoms with E-state index in [2.05, 4.69) is 16.0 Å². The van der Waals surface area contributed by atoms with E-state index in [-0.39, 0.29) is 12.5 Å². The SMILES string of the molecule is Cc1ccc(C(CO)c2nc3c(Cl)c(-c4ccccc4C#N)c(Cl)cc3[nH]2)cc1. The van der Waals surface area contributed by atoms with Gasteiger partial charge in [-0.15, -0.1) is 0 Å². The van der Waals surface area contributed by atoms with Crippen LogP contribution < -0.4 is 0 Å². The number of fused-ring (bicyclic) bond motifs is 1. The van der Waals surface area contributed by atoms with E-state index in [0.29, 0.717) is 43.6 Å². The Kier molecular flexibility index (Phi) is 5.29. The summed E-state index contributed by atoms with van der Waals surface area (Å²) in [5, 5.41) is 20.2. The fourth-order valence-corrected chi connectivity index (χ4v) is 4.16. The van der Waals surface area contributed by atoms with Crippen LogP contribution in [-0.4, -0.2) is 21.7 Å². The molecule has 0 saturated carbocycles. The van der Waals surface area contributed by atoms with Gasteiger partial charge in [-0.2, -0.15) is 5.26 Å². The Morgan fingerprint density at radius 3 is 2.55 bits per heavy atom. The van der Waals surface area contributed by atoms with Gasteiger partial charge in [-0.05, 0) is 24.6 Å². The van der Waals surface area contributed by atoms with E-state index >= 15 is 0 Å². The Labute approximate surface area is 178 Å². The molecule has 144 valence electrons. The minimum Gasteiger partial charge on any atom is -0.395 e. The standard InChI is InChI=1S/C23H17Cl2N3O/c1-13-6-8-14(9-7-13)17(12-29)23-27-19-10-18(24)20(21(25)22(19)28-23)16-5-3-2-4-15(16)11-26/h2-10,17,29H,12H2,1H3,(H,27,28). The van der Waals surface area contributed by atoms with E-state index in [1.165, 1.54) is 0 Å². The molecule has 0 aliphatic rings. The van der Waals surface area contributed by atoms with Gasteiger partial charge >= 0.3 is 0 Å². The molecule has 1 aromatic heterocycles. The van der Waals surface area contributed by atoms with Crippen LogP contribution in [-0.2, 0) is 0 Å². The number of benzene rings is 3. The number of halogens is 2. The quantitative estimate of drug-likeness (QED) is 0.434. The lowest BCUT2D eigenvalue weighted by Crippen LogP contribution is -2.07. The molecule has 0 spiro atoms. The molecule has 3 aromatic carbocycles. The molecule has 1 heterocycles. The number of H-pyrrole nitrogens is 1. The van der Waals surface area contributed by atoms with E-state index in [1.807, 2.05) is 43.3 Å². The van der Waals surface area contributed by atoms with Gasteiger partial charge in [0.15, 0.2) is 0 Å². The predicted molar refractivity (Wildman–Crippen MR) is 116 cm³/mol. The summed E-state index contributed by atoms with van der Waals surface area (Å²) in [6.45, 7) is 1.92. The molecular weight excluding hydrogens is 405 g/mol. The Morgan fingerprint density at radius 1 is 1.14 bits per heavy atom. The molecule has 0 radical (unpaired) electrons. The maximum atomic E-state index is 10.00. The molecule has 2 N–H and O–H groups in total. The molecule has 1 unspecified atom stereocenters. The summed E-state index contributed by atoms with van der Waals surface area (Å²) < 4.78 is 0. The zero-order valence-corrected chi connectivity index (χ0v) is 17.1. The zero-order valence-electron chi connectivity index (χ0n) is 15.6. The van der Waals surface area contributed by atoms with Crippen LogP contribution in [0.1, 0.15) is 28.4 Å². The Bertz CT molecular complexity index is 1240. The third-order valence-corrected chi connectivity index (χ3v) is 5.66. The minimum absolute atomic E-state index is 0.0989. The van der Waals surface area contributed by atoms with Crippen LogP contribution >= 0.6 is 23.2 Å². The highest BCUT2D eigenvalue weighted by Crippen LogP contribution is 2.41. The summed E-state index contributed by atoms with van der Waals surface area (Å²) in [7, 11) is 0. The van der Waals surface area contributed by atoms with Crippen LogP contribution in [0.25, 0.3) is 22.2 Å². The maximum Gasteiger partial charge on any atom is 0.117 e. The minimum atomic E-state index is -0.312. The van der Waals surface area contributed by atoms with Crippen molar-refractivity contribution in [1.29, 1.82) is 5.26 Å². The number of hydrogen-bond donors (Lipinski definition) is 2. The molecule has 1 atom stereocenters. The van der Waals surface area contributed by atoms with Crippen molar-refractivity contribution in [3.63, 3.8) is 0 Å². The molecule has 0 aliphatic heterocycles. The van der Waals surface area contributed by atoms with Gasteiger partial charge in [0.1, 0.15) is 11.3 Å². The number of nitrogens with one attached hydrogen (secondary N) is 1. The molecule has 0 aliphatic carbocycles. The third-order valence-electron chi connectivity index (χ3n) is 5.00. The summed E-state index contributed by atoms with van der Waals surface area (Å²) in [6, 6.07) is 19.1. The number of nitrogens with zero attached hydrogens (tertiary/aromatic N) is 2. The fourth-order valence-electron chi connectivity index (χ4n) is 3.46. The number of imidazole rings is 1. The largest absolute Gasteiger partial charge is 0.395 e. The normalized spacial score (nSPS) is 12.1. The highest BCUT2D eigenvalue weighted by Gasteiger charge is 2.22. The molecule has 0 amide bonds. The van der Waals surface area contributed by atoms with Crippen molar-refractivity contribution in [3.8, 4) is 17.2 Å². The number of rotatable bonds is 4. The van der Waals surface area contributed by atoms with Crippen molar-refractivity contribution in [2.24, 2.45) is 0 Å². The Hall–Kier alpha value is -2.84. The zero-order chi connectivity index (χ0) is 20.5. The predicted octanol–water partition coefficient (Wildman–Crippen LogP) is 5.84. The lowest BCUT2D eigenvalue weighted by molar-refractivity contribution is 0.277. The van der Waals surface area contributed by atoms with Crippen LogP contribution in [0.5, 0.6) is 0 Å². The average molecular weight is 422 g/mol. The first-order valence-corrected chi connectivity index (χ1v) is 9.83. The van der Waals surface area contributed by atoms with E-state index in [4.69, 9.17) is 23.2 Å². The lowest BCUT2D eigenvalue weighted by atomic mass is 9.98. The third kappa shape index (κ3) is 3.49. The molecule has 4 rings (SSSR count). The number of aryl methyl sites for hydroxylation is 1. The van der Waals surface area contributed by atoms with Crippen molar-refractivity contribution in [2.45, 2.75) is 12.8 Å². The number of hydrogen-bond acceptors (Lipinski definition) is 3. The van der Waals surface area contributed by atoms with Crippen molar-refractivity contribution < 1.29 is 5.11 Å². The van der Waals surface area contributed by atoms with Crippen LogP contribution in [0.2, 0.25) is 10.0 Å². The molecule has 29 heavy (non-hydrogen) atoms. The molecule has 4 nitrogen and oxygen atoms in total. The fraction of sp³-hybridized carbons (Fsp3) is 0.130. The van der Waals surface area contributed by atoms with E-state index in [9.17, 15) is 10.4 Å². The van der Waals surface area contributed by atoms with Gasteiger partial charge in [-0.1, -0.05) is 71.2 Å². The number of aromatic nitrogens is 2. The van der Waals surface area contributed by atoms with Crippen molar-refractivity contribution in [2.75, 3.05) is 6.61 Å². The van der Waals surface area contributed by atoms with Gasteiger partial charge in [0.05, 0.1) is 39.7 Å². The van der Waals surface area contributed by atoms with Gasteiger partial charge in [0.25, 0.3) is 0 Å². The van der Waals surface area contributed by atoms with Gasteiger partial charge in [0, 0.05) is 11.1 Å². The second-order valence-electron chi connectivity index (χ2n) is 6.87. The molecule has 0 fully saturated rings. The highest BCUT2D eigenvalue weighted by molar-refractivity contribution is 6.42. The number of nitriles is 1. The Morgan fingerprint density at radius 2 is 1.86 bits per heavy atom. The highest BCUT2D eigenvalue weighted by atomic mass is 35.5. The first-order valence-electron chi connectivity index (χ1n) is 9.08. The van der Waals surface area contributed by atoms with E-state index in [0.717, 1.165) is 11.1 Å². The first-order chi connectivity index (χ1) is 14.0. The summed E-state index contributed by atoms with van der Waals surface area (Å²) in [5.74, 6) is 0.294. The van der Waals surface area contributed by atoms with Gasteiger partial charge in [-0.25, -0.2) is 4.98 Å². The maximum absolute atomic E-state index is 10.00. The average Bonchev–Trinajstić information content (AvgIpc) is 3.14. The van der Waals surface area contributed by atoms with Gasteiger partial charge in [0.2, 0.25) is 0 Å². The first kappa shape index (κ1) is 19.5. The number of aromatic amines is 1. The van der Waals surface area contributed by atoms with Crippen LogP contribution in [0.4, 0.5) is 0 Å². The van der Waals surface area contributed by atoms with Crippen LogP contribution in [0.15, 0.2) is 54.6 Å². The monoisotopic (exact) mass is 421 g/mol. The van der Waals surface area contributed by atoms with Gasteiger partial charge < -0.3 is 10.1 Å². The molecule has 6 heteroatoms. The van der Waals surface area contributed by atoms with Crippen molar-refractivity contribution in [1.82, 2.24) is 9.97 Å². The summed E-state index contributed by atoms with van der Waals surface area (Å²) in [5.41, 5.74) is 5.05. The smallest absolute Gasteiger partial charge is 0.117 e. The molecular formula is C23H17Cl2N3O. The summed E-state index contributed by atoms with van der Waals surface area (Å²) in [6.07, 6.45) is 0. The number of aliphatic hydroxyl groups excluding tert-OH is 1. The summed E-state index contributed by atoms with van der Waals surface area (Å²) in [4.78, 5) is 7.92. The van der Waals surface area contributed by atoms with E-state index in [1.54, 1.807) is 18.2 Å². The molecule has 0 saturated heterocycles.